The number of esters is 1. The highest BCUT2D eigenvalue weighted by molar-refractivity contribution is 5.79. The molecule has 0 aliphatic carbocycles. The second-order valence-corrected chi connectivity index (χ2v) is 4.92. The van der Waals surface area contributed by atoms with E-state index in [4.69, 9.17) is 0 Å². The quantitative estimate of drug-likeness (QED) is 0.563. The molecule has 0 amide bonds. The first-order valence-corrected chi connectivity index (χ1v) is 7.05. The Hall–Kier alpha value is -2.37. The van der Waals surface area contributed by atoms with E-state index < -0.39 is 18.1 Å². The number of hydrogen-bond acceptors (Lipinski definition) is 5. The predicted molar refractivity (Wildman–Crippen MR) is 86.1 cm³/mol. The molecule has 0 saturated heterocycles. The topological polar surface area (TPSA) is 70.6 Å². The Kier molecular flexibility index (Phi) is 5.52. The van der Waals surface area contributed by atoms with E-state index in [0.29, 0.717) is 0 Å². The van der Waals surface area contributed by atoms with Crippen molar-refractivity contribution in [2.75, 3.05) is 12.5 Å². The van der Waals surface area contributed by atoms with Gasteiger partial charge in [0.1, 0.15) is 6.04 Å². The minimum Gasteiger partial charge on any atom is -0.468 e. The van der Waals surface area contributed by atoms with E-state index in [1.165, 1.54) is 14.0 Å². The van der Waals surface area contributed by atoms with Gasteiger partial charge in [-0.2, -0.15) is 0 Å². The van der Waals surface area contributed by atoms with E-state index in [9.17, 15) is 9.90 Å². The van der Waals surface area contributed by atoms with Gasteiger partial charge in [-0.3, -0.25) is 4.79 Å². The molecule has 116 valence electrons. The van der Waals surface area contributed by atoms with Gasteiger partial charge in [0.2, 0.25) is 0 Å². The van der Waals surface area contributed by atoms with Crippen LogP contribution in [0.5, 0.6) is 0 Å². The number of anilines is 1. The zero-order chi connectivity index (χ0) is 15.9. The molecule has 2 aromatic rings. The van der Waals surface area contributed by atoms with Crippen molar-refractivity contribution in [1.82, 2.24) is 5.43 Å². The molecule has 2 atom stereocenters. The first-order valence-electron chi connectivity index (χ1n) is 7.05. The van der Waals surface area contributed by atoms with E-state index in [-0.39, 0.29) is 0 Å². The van der Waals surface area contributed by atoms with Gasteiger partial charge in [-0.05, 0) is 18.6 Å². The van der Waals surface area contributed by atoms with Crippen LogP contribution in [-0.4, -0.2) is 30.3 Å². The number of rotatable bonds is 6. The van der Waals surface area contributed by atoms with Crippen LogP contribution >= 0.6 is 0 Å². The standard InChI is InChI=1S/C17H20N2O3/c1-12(20)16(17(21)22-2)19-18-15-11-7-6-10-14(15)13-8-4-3-5-9-13/h3-12,16,18-20H,1-2H3/t12-,16+/m1/s1. The number of methoxy groups -OCH3 is 1. The summed E-state index contributed by atoms with van der Waals surface area (Å²) in [5.41, 5.74) is 8.67. The highest BCUT2D eigenvalue weighted by Gasteiger charge is 2.24. The smallest absolute Gasteiger partial charge is 0.327 e. The van der Waals surface area contributed by atoms with Crippen LogP contribution in [0.1, 0.15) is 6.92 Å². The lowest BCUT2D eigenvalue weighted by Gasteiger charge is -2.21. The maximum atomic E-state index is 11.6. The number of hydrazine groups is 1. The maximum absolute atomic E-state index is 11.6. The molecule has 0 spiro atoms. The van der Waals surface area contributed by atoms with Gasteiger partial charge in [0.05, 0.1) is 18.9 Å². The summed E-state index contributed by atoms with van der Waals surface area (Å²) < 4.78 is 4.68. The molecular formula is C17H20N2O3. The summed E-state index contributed by atoms with van der Waals surface area (Å²) in [6.45, 7) is 1.53. The predicted octanol–water partition coefficient (Wildman–Crippen LogP) is 2.19. The molecule has 0 saturated carbocycles. The van der Waals surface area contributed by atoms with Crippen LogP contribution in [0.2, 0.25) is 0 Å². The summed E-state index contributed by atoms with van der Waals surface area (Å²) in [5.74, 6) is -0.528. The Morgan fingerprint density at radius 2 is 1.73 bits per heavy atom. The van der Waals surface area contributed by atoms with Crippen LogP contribution in [0, 0.1) is 0 Å². The molecule has 0 bridgehead atoms. The number of ether oxygens (including phenoxy) is 1. The molecule has 22 heavy (non-hydrogen) atoms. The maximum Gasteiger partial charge on any atom is 0.327 e. The van der Waals surface area contributed by atoms with E-state index in [1.54, 1.807) is 0 Å². The summed E-state index contributed by atoms with van der Waals surface area (Å²) in [6, 6.07) is 16.8. The summed E-state index contributed by atoms with van der Waals surface area (Å²) in [5, 5.41) is 9.67. The van der Waals surface area contributed by atoms with Gasteiger partial charge in [0.25, 0.3) is 0 Å². The van der Waals surface area contributed by atoms with Gasteiger partial charge >= 0.3 is 5.97 Å². The largest absolute Gasteiger partial charge is 0.468 e. The number of hydrogen-bond donors (Lipinski definition) is 3. The van der Waals surface area contributed by atoms with Gasteiger partial charge < -0.3 is 15.3 Å². The number of nitrogens with one attached hydrogen (secondary N) is 2. The highest BCUT2D eigenvalue weighted by Crippen LogP contribution is 2.26. The molecule has 0 heterocycles. The number of carbonyl (C=O) groups is 1. The Labute approximate surface area is 129 Å². The van der Waals surface area contributed by atoms with Crippen molar-refractivity contribution in [2.45, 2.75) is 19.1 Å². The molecule has 2 aromatic carbocycles. The minimum absolute atomic E-state index is 0.528. The molecule has 3 N–H and O–H groups in total. The minimum atomic E-state index is -0.885. The van der Waals surface area contributed by atoms with Gasteiger partial charge in [0.15, 0.2) is 0 Å². The van der Waals surface area contributed by atoms with Crippen LogP contribution in [0.3, 0.4) is 0 Å². The van der Waals surface area contributed by atoms with Gasteiger partial charge in [-0.25, -0.2) is 5.43 Å². The van der Waals surface area contributed by atoms with Crippen LogP contribution in [0.15, 0.2) is 54.6 Å². The van der Waals surface area contributed by atoms with Crippen molar-refractivity contribution >= 4 is 11.7 Å². The highest BCUT2D eigenvalue weighted by atomic mass is 16.5. The van der Waals surface area contributed by atoms with Crippen LogP contribution in [0.4, 0.5) is 5.69 Å². The van der Waals surface area contributed by atoms with Crippen molar-refractivity contribution < 1.29 is 14.6 Å². The van der Waals surface area contributed by atoms with E-state index in [1.807, 2.05) is 54.6 Å². The van der Waals surface area contributed by atoms with Crippen LogP contribution in [-0.2, 0) is 9.53 Å². The molecule has 0 aliphatic rings. The van der Waals surface area contributed by atoms with E-state index in [0.717, 1.165) is 16.8 Å². The molecule has 5 heteroatoms. The SMILES string of the molecule is COC(=O)[C@@H](NNc1ccccc1-c1ccccc1)[C@@H](C)O. The molecule has 0 aromatic heterocycles. The monoisotopic (exact) mass is 300 g/mol. The molecule has 5 nitrogen and oxygen atoms in total. The number of para-hydroxylation sites is 1. The molecule has 0 radical (unpaired) electrons. The fraction of sp³-hybridized carbons (Fsp3) is 0.235. The first kappa shape index (κ1) is 16.0. The Bertz CT molecular complexity index is 614. The van der Waals surface area contributed by atoms with Crippen molar-refractivity contribution in [3.8, 4) is 11.1 Å². The van der Waals surface area contributed by atoms with Gasteiger partial charge in [-0.1, -0.05) is 48.5 Å². The molecule has 0 unspecified atom stereocenters. The number of aliphatic hydroxyl groups is 1. The van der Waals surface area contributed by atoms with E-state index >= 15 is 0 Å². The van der Waals surface area contributed by atoms with Gasteiger partial charge in [-0.15, -0.1) is 0 Å². The second kappa shape index (κ2) is 7.59. The van der Waals surface area contributed by atoms with Crippen molar-refractivity contribution in [3.63, 3.8) is 0 Å². The molecule has 0 aliphatic heterocycles. The normalized spacial score (nSPS) is 13.2. The zero-order valence-corrected chi connectivity index (χ0v) is 12.6. The first-order chi connectivity index (χ1) is 10.6. The lowest BCUT2D eigenvalue weighted by molar-refractivity contribution is -0.145. The lowest BCUT2D eigenvalue weighted by Crippen LogP contribution is -2.48. The Balaban J connectivity index is 2.18. The third kappa shape index (κ3) is 3.84. The third-order valence-electron chi connectivity index (χ3n) is 3.31. The number of benzene rings is 2. The fourth-order valence-corrected chi connectivity index (χ4v) is 2.12. The Morgan fingerprint density at radius 3 is 2.36 bits per heavy atom. The number of aliphatic hydroxyl groups excluding tert-OH is 1. The number of carbonyl (C=O) groups excluding carboxylic acids is 1. The summed E-state index contributed by atoms with van der Waals surface area (Å²) >= 11 is 0. The summed E-state index contributed by atoms with van der Waals surface area (Å²) in [6.07, 6.45) is -0.885. The lowest BCUT2D eigenvalue weighted by atomic mass is 10.0. The van der Waals surface area contributed by atoms with Crippen LogP contribution < -0.4 is 10.9 Å². The van der Waals surface area contributed by atoms with Crippen LogP contribution in [0.25, 0.3) is 11.1 Å². The average molecular weight is 300 g/mol. The summed E-state index contributed by atoms with van der Waals surface area (Å²) in [7, 11) is 1.29. The molecular weight excluding hydrogens is 280 g/mol. The van der Waals surface area contributed by atoms with Gasteiger partial charge in [0, 0.05) is 5.56 Å². The van der Waals surface area contributed by atoms with Crippen molar-refractivity contribution in [2.24, 2.45) is 0 Å². The average Bonchev–Trinajstić information content (AvgIpc) is 2.55. The zero-order valence-electron chi connectivity index (χ0n) is 12.6. The Morgan fingerprint density at radius 1 is 1.09 bits per heavy atom. The van der Waals surface area contributed by atoms with Crippen molar-refractivity contribution in [1.29, 1.82) is 0 Å². The summed E-state index contributed by atoms with van der Waals surface area (Å²) in [4.78, 5) is 11.6. The van der Waals surface area contributed by atoms with Crippen molar-refractivity contribution in [3.05, 3.63) is 54.6 Å². The molecule has 2 rings (SSSR count). The van der Waals surface area contributed by atoms with E-state index in [2.05, 4.69) is 15.6 Å². The second-order valence-electron chi connectivity index (χ2n) is 4.92. The molecule has 0 fully saturated rings. The third-order valence-corrected chi connectivity index (χ3v) is 3.31. The fourth-order valence-electron chi connectivity index (χ4n) is 2.12.